The van der Waals surface area contributed by atoms with Crippen molar-refractivity contribution < 1.29 is 23.9 Å². The van der Waals surface area contributed by atoms with Crippen molar-refractivity contribution in [1.29, 1.82) is 5.26 Å². The predicted octanol–water partition coefficient (Wildman–Crippen LogP) is 3.53. The van der Waals surface area contributed by atoms with E-state index in [1.165, 1.54) is 0 Å². The normalized spacial score (nSPS) is 10.5. The molecule has 0 fully saturated rings. The zero-order valence-electron chi connectivity index (χ0n) is 15.2. The third-order valence-electron chi connectivity index (χ3n) is 3.61. The molecule has 28 heavy (non-hydrogen) atoms. The van der Waals surface area contributed by atoms with Crippen LogP contribution in [0.5, 0.6) is 11.5 Å². The van der Waals surface area contributed by atoms with Gasteiger partial charge in [0.15, 0.2) is 6.61 Å². The van der Waals surface area contributed by atoms with Crippen LogP contribution in [-0.4, -0.2) is 33.9 Å². The number of ether oxygens (including phenoxy) is 2. The smallest absolute Gasteiger partial charge is 0.341 e. The summed E-state index contributed by atoms with van der Waals surface area (Å²) in [5.74, 6) is 0.509. The Morgan fingerprint density at radius 3 is 2.57 bits per heavy atom. The number of nitriles is 1. The fourth-order valence-electron chi connectivity index (χ4n) is 2.41. The molecule has 1 aromatic heterocycles. The number of aliphatic carboxylic acids is 1. The molecule has 0 aliphatic heterocycles. The highest BCUT2D eigenvalue weighted by Gasteiger charge is 2.14. The maximum atomic E-state index is 10.5. The molecule has 1 N–H and O–H groups in total. The topological polar surface area (TPSA) is 118 Å². The second-order valence-electron chi connectivity index (χ2n) is 6.12. The van der Waals surface area contributed by atoms with E-state index in [4.69, 9.17) is 19.1 Å². The van der Waals surface area contributed by atoms with Crippen LogP contribution in [0.15, 0.2) is 47.0 Å². The third-order valence-corrected chi connectivity index (χ3v) is 3.61. The Kier molecular flexibility index (Phi) is 5.56. The average Bonchev–Trinajstić information content (AvgIpc) is 3.17. The van der Waals surface area contributed by atoms with Crippen molar-refractivity contribution in [3.8, 4) is 40.4 Å². The Morgan fingerprint density at radius 1 is 1.21 bits per heavy atom. The first-order valence-corrected chi connectivity index (χ1v) is 8.46. The highest BCUT2D eigenvalue weighted by atomic mass is 16.5. The van der Waals surface area contributed by atoms with Gasteiger partial charge in [-0.05, 0) is 56.3 Å². The van der Waals surface area contributed by atoms with Gasteiger partial charge in [-0.25, -0.2) is 4.79 Å². The number of hydrogen-bond donors (Lipinski definition) is 1. The highest BCUT2D eigenvalue weighted by molar-refractivity contribution is 5.68. The standard InChI is InChI=1S/C20H17N3O5/c1-12(2)27-17-8-5-14(9-15(17)10-21)20-22-19(23-28-20)13-3-6-16(7-4-13)26-11-18(24)25/h3-9,12H,11H2,1-2H3,(H,24,25). The van der Waals surface area contributed by atoms with Gasteiger partial charge in [0.05, 0.1) is 11.7 Å². The molecule has 0 spiro atoms. The van der Waals surface area contributed by atoms with Crippen LogP contribution in [0.25, 0.3) is 22.8 Å². The summed E-state index contributed by atoms with van der Waals surface area (Å²) in [6, 6.07) is 13.8. The largest absolute Gasteiger partial charge is 0.490 e. The van der Waals surface area contributed by atoms with Gasteiger partial charge in [-0.15, -0.1) is 0 Å². The van der Waals surface area contributed by atoms with E-state index in [1.54, 1.807) is 42.5 Å². The van der Waals surface area contributed by atoms with E-state index in [-0.39, 0.29) is 12.0 Å². The summed E-state index contributed by atoms with van der Waals surface area (Å²) < 4.78 is 16.0. The number of hydrogen-bond acceptors (Lipinski definition) is 7. The molecule has 3 rings (SSSR count). The van der Waals surface area contributed by atoms with Crippen LogP contribution in [0.3, 0.4) is 0 Å². The molecule has 0 unspecified atom stereocenters. The second-order valence-corrected chi connectivity index (χ2v) is 6.12. The van der Waals surface area contributed by atoms with Crippen molar-refractivity contribution in [2.24, 2.45) is 0 Å². The molecular weight excluding hydrogens is 362 g/mol. The number of nitrogens with zero attached hydrogens (tertiary/aromatic N) is 3. The number of rotatable bonds is 7. The van der Waals surface area contributed by atoms with Crippen LogP contribution in [-0.2, 0) is 4.79 Å². The molecule has 0 amide bonds. The summed E-state index contributed by atoms with van der Waals surface area (Å²) in [6.07, 6.45) is -0.0459. The van der Waals surface area contributed by atoms with E-state index in [0.29, 0.717) is 34.0 Å². The van der Waals surface area contributed by atoms with Crippen molar-refractivity contribution in [1.82, 2.24) is 10.1 Å². The lowest BCUT2D eigenvalue weighted by atomic mass is 10.1. The summed E-state index contributed by atoms with van der Waals surface area (Å²) in [6.45, 7) is 3.36. The van der Waals surface area contributed by atoms with Gasteiger partial charge in [0.25, 0.3) is 5.89 Å². The van der Waals surface area contributed by atoms with Gasteiger partial charge in [0, 0.05) is 11.1 Å². The summed E-state index contributed by atoms with van der Waals surface area (Å²) in [4.78, 5) is 14.9. The van der Waals surface area contributed by atoms with E-state index in [1.807, 2.05) is 13.8 Å². The lowest BCUT2D eigenvalue weighted by Gasteiger charge is -2.11. The van der Waals surface area contributed by atoms with Crippen molar-refractivity contribution in [2.75, 3.05) is 6.61 Å². The van der Waals surface area contributed by atoms with E-state index in [2.05, 4.69) is 16.2 Å². The zero-order valence-corrected chi connectivity index (χ0v) is 15.2. The fraction of sp³-hybridized carbons (Fsp3) is 0.200. The lowest BCUT2D eigenvalue weighted by molar-refractivity contribution is -0.139. The minimum absolute atomic E-state index is 0.0459. The first-order chi connectivity index (χ1) is 13.5. The van der Waals surface area contributed by atoms with Crippen LogP contribution in [0.4, 0.5) is 0 Å². The molecule has 8 nitrogen and oxygen atoms in total. The Hall–Kier alpha value is -3.86. The van der Waals surface area contributed by atoms with E-state index in [0.717, 1.165) is 0 Å². The second kappa shape index (κ2) is 8.22. The molecule has 0 aliphatic rings. The molecule has 3 aromatic rings. The summed E-state index contributed by atoms with van der Waals surface area (Å²) in [5.41, 5.74) is 1.66. The zero-order chi connectivity index (χ0) is 20.1. The molecule has 142 valence electrons. The molecule has 0 saturated carbocycles. The molecule has 8 heteroatoms. The van der Waals surface area contributed by atoms with Crippen LogP contribution >= 0.6 is 0 Å². The van der Waals surface area contributed by atoms with Crippen molar-refractivity contribution in [3.63, 3.8) is 0 Å². The van der Waals surface area contributed by atoms with Gasteiger partial charge >= 0.3 is 5.97 Å². The SMILES string of the molecule is CC(C)Oc1ccc(-c2nc(-c3ccc(OCC(=O)O)cc3)no2)cc1C#N. The van der Waals surface area contributed by atoms with E-state index >= 15 is 0 Å². The van der Waals surface area contributed by atoms with Gasteiger partial charge in [0.2, 0.25) is 5.82 Å². The molecule has 0 bridgehead atoms. The van der Waals surface area contributed by atoms with Crippen LogP contribution < -0.4 is 9.47 Å². The van der Waals surface area contributed by atoms with Crippen LogP contribution in [0, 0.1) is 11.3 Å². The summed E-state index contributed by atoms with van der Waals surface area (Å²) in [7, 11) is 0. The van der Waals surface area contributed by atoms with Crippen molar-refractivity contribution in [2.45, 2.75) is 20.0 Å². The number of carbonyl (C=O) groups is 1. The van der Waals surface area contributed by atoms with Gasteiger partial charge in [-0.2, -0.15) is 10.2 Å². The number of aromatic nitrogens is 2. The van der Waals surface area contributed by atoms with Crippen LogP contribution in [0.1, 0.15) is 19.4 Å². The molecule has 0 radical (unpaired) electrons. The number of carboxylic acid groups (broad SMARTS) is 1. The van der Waals surface area contributed by atoms with Gasteiger partial charge in [0.1, 0.15) is 17.6 Å². The van der Waals surface area contributed by atoms with Crippen LogP contribution in [0.2, 0.25) is 0 Å². The van der Waals surface area contributed by atoms with Gasteiger partial charge in [-0.1, -0.05) is 5.16 Å². The highest BCUT2D eigenvalue weighted by Crippen LogP contribution is 2.28. The Bertz CT molecular complexity index is 1020. The van der Waals surface area contributed by atoms with Crippen molar-refractivity contribution in [3.05, 3.63) is 48.0 Å². The Labute approximate surface area is 160 Å². The lowest BCUT2D eigenvalue weighted by Crippen LogP contribution is -2.09. The maximum absolute atomic E-state index is 10.5. The molecule has 1 heterocycles. The molecule has 0 atom stereocenters. The molecular formula is C20H17N3O5. The number of carboxylic acids is 1. The van der Waals surface area contributed by atoms with E-state index in [9.17, 15) is 10.1 Å². The fourth-order valence-corrected chi connectivity index (χ4v) is 2.41. The van der Waals surface area contributed by atoms with Gasteiger partial charge < -0.3 is 19.1 Å². The average molecular weight is 379 g/mol. The molecule has 0 aliphatic carbocycles. The van der Waals surface area contributed by atoms with E-state index < -0.39 is 12.6 Å². The predicted molar refractivity (Wildman–Crippen MR) is 98.8 cm³/mol. The van der Waals surface area contributed by atoms with Gasteiger partial charge in [-0.3, -0.25) is 0 Å². The minimum Gasteiger partial charge on any atom is -0.490 e. The monoisotopic (exact) mass is 379 g/mol. The first-order valence-electron chi connectivity index (χ1n) is 8.46. The minimum atomic E-state index is -1.05. The molecule has 0 saturated heterocycles. The first kappa shape index (κ1) is 18.9. The summed E-state index contributed by atoms with van der Waals surface area (Å²) >= 11 is 0. The maximum Gasteiger partial charge on any atom is 0.341 e. The Morgan fingerprint density at radius 2 is 1.93 bits per heavy atom. The third kappa shape index (κ3) is 4.45. The number of benzene rings is 2. The quantitative estimate of drug-likeness (QED) is 0.662. The van der Waals surface area contributed by atoms with Crippen molar-refractivity contribution >= 4 is 5.97 Å². The Balaban J connectivity index is 1.80. The summed E-state index contributed by atoms with van der Waals surface area (Å²) in [5, 5.41) is 21.9. The molecule has 2 aromatic carbocycles.